The fraction of sp³-hybridized carbons (Fsp3) is 0.500. The Labute approximate surface area is 69.8 Å². The van der Waals surface area contributed by atoms with Gasteiger partial charge in [0.15, 0.2) is 0 Å². The fourth-order valence-corrected chi connectivity index (χ4v) is 1.70. The number of nitrogens with zero attached hydrogens (tertiary/aromatic N) is 2. The van der Waals surface area contributed by atoms with Gasteiger partial charge in [0.25, 0.3) is 0 Å². The molecule has 0 spiro atoms. The van der Waals surface area contributed by atoms with E-state index in [0.717, 1.165) is 18.8 Å². The molecule has 1 aliphatic rings. The van der Waals surface area contributed by atoms with Crippen LogP contribution in [0, 0.1) is 0 Å². The van der Waals surface area contributed by atoms with Crippen LogP contribution in [0.4, 0.5) is 0 Å². The molecule has 1 atom stereocenters. The number of hydrogen-bond acceptors (Lipinski definition) is 2. The van der Waals surface area contributed by atoms with Crippen molar-refractivity contribution in [3.05, 3.63) is 18.2 Å². The fourth-order valence-electron chi connectivity index (χ4n) is 1.70. The Morgan fingerprint density at radius 1 is 1.83 bits per heavy atom. The minimum absolute atomic E-state index is 0.123. The molecule has 2 heterocycles. The molecule has 1 N–H and O–H groups in total. The Kier molecular flexibility index (Phi) is 1.60. The Morgan fingerprint density at radius 3 is 3.42 bits per heavy atom. The Hall–Kier alpha value is -1.32. The summed E-state index contributed by atoms with van der Waals surface area (Å²) in [7, 11) is 0. The van der Waals surface area contributed by atoms with Gasteiger partial charge < -0.3 is 9.67 Å². The van der Waals surface area contributed by atoms with Gasteiger partial charge in [0.05, 0.1) is 6.42 Å². The molecule has 0 bridgehead atoms. The number of imidazole rings is 1. The lowest BCUT2D eigenvalue weighted by atomic mass is 10.0. The number of aryl methyl sites for hydroxylation is 1. The summed E-state index contributed by atoms with van der Waals surface area (Å²) < 4.78 is 2.02. The van der Waals surface area contributed by atoms with Crippen molar-refractivity contribution in [3.63, 3.8) is 0 Å². The van der Waals surface area contributed by atoms with Crippen LogP contribution in [-0.2, 0) is 11.3 Å². The van der Waals surface area contributed by atoms with Crippen LogP contribution in [0.3, 0.4) is 0 Å². The number of aromatic nitrogens is 2. The van der Waals surface area contributed by atoms with Gasteiger partial charge in [-0.25, -0.2) is 4.98 Å². The predicted octanol–water partition coefficient (Wildman–Crippen LogP) is 0.845. The second-order valence-electron chi connectivity index (χ2n) is 3.06. The van der Waals surface area contributed by atoms with E-state index in [2.05, 4.69) is 4.98 Å². The summed E-state index contributed by atoms with van der Waals surface area (Å²) in [6, 6.07) is 0. The number of fused-ring (bicyclic) bond motifs is 1. The second-order valence-corrected chi connectivity index (χ2v) is 3.06. The van der Waals surface area contributed by atoms with Crippen molar-refractivity contribution < 1.29 is 9.90 Å². The Balaban J connectivity index is 2.17. The molecule has 4 nitrogen and oxygen atoms in total. The molecular weight excluding hydrogens is 156 g/mol. The summed E-state index contributed by atoms with van der Waals surface area (Å²) in [6.45, 7) is 0.910. The lowest BCUT2D eigenvalue weighted by Gasteiger charge is -2.02. The van der Waals surface area contributed by atoms with Gasteiger partial charge >= 0.3 is 5.97 Å². The molecule has 0 aliphatic carbocycles. The molecule has 2 rings (SSSR count). The molecule has 0 aromatic carbocycles. The first-order valence-corrected chi connectivity index (χ1v) is 4.00. The molecule has 0 amide bonds. The molecule has 1 aromatic heterocycles. The van der Waals surface area contributed by atoms with Crippen LogP contribution in [0.2, 0.25) is 0 Å². The number of carboxylic acid groups (broad SMARTS) is 1. The van der Waals surface area contributed by atoms with Crippen LogP contribution in [0.25, 0.3) is 0 Å². The first-order chi connectivity index (χ1) is 5.77. The van der Waals surface area contributed by atoms with Gasteiger partial charge in [0, 0.05) is 24.9 Å². The number of rotatable bonds is 2. The van der Waals surface area contributed by atoms with Crippen molar-refractivity contribution >= 4 is 5.97 Å². The lowest BCUT2D eigenvalue weighted by Crippen LogP contribution is -2.04. The van der Waals surface area contributed by atoms with Crippen molar-refractivity contribution in [2.75, 3.05) is 0 Å². The smallest absolute Gasteiger partial charge is 0.304 e. The van der Waals surface area contributed by atoms with Gasteiger partial charge in [-0.15, -0.1) is 0 Å². The molecule has 1 aliphatic heterocycles. The SMILES string of the molecule is O=C(O)C[C@H]1CCn2ccnc21. The maximum absolute atomic E-state index is 10.4. The molecular formula is C8H10N2O2. The summed E-state index contributed by atoms with van der Waals surface area (Å²) in [5, 5.41) is 8.60. The molecule has 64 valence electrons. The third-order valence-corrected chi connectivity index (χ3v) is 2.25. The minimum atomic E-state index is -0.739. The molecule has 4 heteroatoms. The Morgan fingerprint density at radius 2 is 2.67 bits per heavy atom. The monoisotopic (exact) mass is 166 g/mol. The van der Waals surface area contributed by atoms with Crippen molar-refractivity contribution in [3.8, 4) is 0 Å². The maximum Gasteiger partial charge on any atom is 0.304 e. The van der Waals surface area contributed by atoms with Crippen LogP contribution in [0.15, 0.2) is 12.4 Å². The van der Waals surface area contributed by atoms with Gasteiger partial charge in [-0.1, -0.05) is 0 Å². The van der Waals surface area contributed by atoms with Crippen LogP contribution in [0.5, 0.6) is 0 Å². The second kappa shape index (κ2) is 2.62. The summed E-state index contributed by atoms with van der Waals surface area (Å²) in [4.78, 5) is 14.6. The number of carboxylic acids is 1. The highest BCUT2D eigenvalue weighted by Gasteiger charge is 2.25. The summed E-state index contributed by atoms with van der Waals surface area (Å²) in [6.07, 6.45) is 4.74. The topological polar surface area (TPSA) is 55.1 Å². The summed E-state index contributed by atoms with van der Waals surface area (Å²) >= 11 is 0. The van der Waals surface area contributed by atoms with Gasteiger partial charge in [-0.2, -0.15) is 0 Å². The van der Waals surface area contributed by atoms with Gasteiger partial charge in [0.1, 0.15) is 5.82 Å². The molecule has 0 unspecified atom stereocenters. The standard InChI is InChI=1S/C8H10N2O2/c11-7(12)5-6-1-3-10-4-2-9-8(6)10/h2,4,6H,1,3,5H2,(H,11,12)/t6-/m1/s1. The first-order valence-electron chi connectivity index (χ1n) is 4.00. The third-order valence-electron chi connectivity index (χ3n) is 2.25. The van der Waals surface area contributed by atoms with E-state index in [1.54, 1.807) is 6.20 Å². The molecule has 12 heavy (non-hydrogen) atoms. The van der Waals surface area contributed by atoms with Gasteiger partial charge in [-0.05, 0) is 6.42 Å². The minimum Gasteiger partial charge on any atom is -0.481 e. The van der Waals surface area contributed by atoms with E-state index in [-0.39, 0.29) is 12.3 Å². The van der Waals surface area contributed by atoms with Crippen LogP contribution in [-0.4, -0.2) is 20.6 Å². The van der Waals surface area contributed by atoms with Gasteiger partial charge in [-0.3, -0.25) is 4.79 Å². The average Bonchev–Trinajstić information content (AvgIpc) is 2.52. The van der Waals surface area contributed by atoms with Crippen LogP contribution >= 0.6 is 0 Å². The van der Waals surface area contributed by atoms with Crippen LogP contribution in [0.1, 0.15) is 24.6 Å². The molecule has 0 radical (unpaired) electrons. The van der Waals surface area contributed by atoms with E-state index in [1.807, 2.05) is 10.8 Å². The number of hydrogen-bond donors (Lipinski definition) is 1. The average molecular weight is 166 g/mol. The highest BCUT2D eigenvalue weighted by molar-refractivity contribution is 5.67. The zero-order valence-electron chi connectivity index (χ0n) is 6.60. The molecule has 1 aromatic rings. The van der Waals surface area contributed by atoms with Crippen molar-refractivity contribution in [1.29, 1.82) is 0 Å². The van der Waals surface area contributed by atoms with Crippen molar-refractivity contribution in [1.82, 2.24) is 9.55 Å². The quantitative estimate of drug-likeness (QED) is 0.708. The van der Waals surface area contributed by atoms with E-state index in [0.29, 0.717) is 0 Å². The summed E-state index contributed by atoms with van der Waals surface area (Å²) in [5.41, 5.74) is 0. The van der Waals surface area contributed by atoms with E-state index < -0.39 is 5.97 Å². The molecule has 0 saturated heterocycles. The summed E-state index contributed by atoms with van der Waals surface area (Å²) in [5.74, 6) is 0.311. The highest BCUT2D eigenvalue weighted by Crippen LogP contribution is 2.28. The maximum atomic E-state index is 10.4. The highest BCUT2D eigenvalue weighted by atomic mass is 16.4. The van der Waals surface area contributed by atoms with E-state index in [4.69, 9.17) is 5.11 Å². The molecule has 0 saturated carbocycles. The third kappa shape index (κ3) is 1.09. The van der Waals surface area contributed by atoms with Gasteiger partial charge in [0.2, 0.25) is 0 Å². The largest absolute Gasteiger partial charge is 0.481 e. The van der Waals surface area contributed by atoms with E-state index >= 15 is 0 Å². The molecule has 0 fully saturated rings. The zero-order valence-corrected chi connectivity index (χ0v) is 6.60. The first kappa shape index (κ1) is 7.34. The number of aliphatic carboxylic acids is 1. The lowest BCUT2D eigenvalue weighted by molar-refractivity contribution is -0.137. The number of carbonyl (C=O) groups is 1. The van der Waals surface area contributed by atoms with Crippen molar-refractivity contribution in [2.45, 2.75) is 25.3 Å². The normalized spacial score (nSPS) is 20.8. The van der Waals surface area contributed by atoms with Crippen molar-refractivity contribution in [2.24, 2.45) is 0 Å². The predicted molar refractivity (Wildman–Crippen MR) is 41.8 cm³/mol. The van der Waals surface area contributed by atoms with Crippen LogP contribution < -0.4 is 0 Å². The van der Waals surface area contributed by atoms with E-state index in [9.17, 15) is 4.79 Å². The van der Waals surface area contributed by atoms with E-state index in [1.165, 1.54) is 0 Å². The zero-order chi connectivity index (χ0) is 8.55. The Bertz CT molecular complexity index is 306.